The maximum absolute atomic E-state index is 13.6. The molecule has 208 valence electrons. The average Bonchev–Trinajstić information content (AvgIpc) is 2.91. The third-order valence-corrected chi connectivity index (χ3v) is 7.94. The molecule has 4 aromatic carbocycles. The number of rotatable bonds is 9. The molecule has 4 rings (SSSR count). The highest BCUT2D eigenvalue weighted by Gasteiger charge is 2.26. The zero-order valence-electron chi connectivity index (χ0n) is 22.9. The second kappa shape index (κ2) is 11.9. The van der Waals surface area contributed by atoms with E-state index in [1.165, 1.54) is 6.07 Å². The van der Waals surface area contributed by atoms with Crippen LogP contribution in [-0.4, -0.2) is 38.9 Å². The molecular formula is C31H33N3O5S. The summed E-state index contributed by atoms with van der Waals surface area (Å²) in [6, 6.07) is 25.1. The maximum atomic E-state index is 13.6. The zero-order chi connectivity index (χ0) is 28.9. The normalized spacial score (nSPS) is 12.5. The summed E-state index contributed by atoms with van der Waals surface area (Å²) >= 11 is 0. The van der Waals surface area contributed by atoms with Gasteiger partial charge in [0.1, 0.15) is 11.8 Å². The molecule has 0 aromatic heterocycles. The minimum absolute atomic E-state index is 0.115. The van der Waals surface area contributed by atoms with E-state index in [9.17, 15) is 18.0 Å². The van der Waals surface area contributed by atoms with Crippen LogP contribution in [0.4, 0.5) is 5.69 Å². The lowest BCUT2D eigenvalue weighted by Gasteiger charge is -2.22. The third-order valence-electron chi connectivity index (χ3n) is 6.13. The van der Waals surface area contributed by atoms with Crippen LogP contribution in [-0.2, 0) is 21.2 Å². The van der Waals surface area contributed by atoms with Gasteiger partial charge in [0.2, 0.25) is 15.9 Å². The van der Waals surface area contributed by atoms with Crippen molar-refractivity contribution in [1.29, 1.82) is 0 Å². The standard InChI is InChI=1S/C31H33N3O5S/c1-31(2,3)34-40(37,38)28-15-9-12-24-25(28)13-8-14-26(24)32-30(36)27(20-21-10-6-5-7-11-21)33-29(35)22-16-18-23(39-4)19-17-22/h5-19,27,34H,20H2,1-4H3,(H,32,36)(H,33,35)/t27-/m0/s1. The van der Waals surface area contributed by atoms with Crippen LogP contribution in [0.3, 0.4) is 0 Å². The molecule has 0 heterocycles. The van der Waals surface area contributed by atoms with Crippen LogP contribution in [0.5, 0.6) is 5.75 Å². The predicted molar refractivity (Wildman–Crippen MR) is 157 cm³/mol. The van der Waals surface area contributed by atoms with Crippen molar-refractivity contribution in [1.82, 2.24) is 10.0 Å². The van der Waals surface area contributed by atoms with Crippen LogP contribution >= 0.6 is 0 Å². The average molecular weight is 560 g/mol. The van der Waals surface area contributed by atoms with E-state index in [4.69, 9.17) is 4.74 Å². The Balaban J connectivity index is 1.65. The monoisotopic (exact) mass is 559 g/mol. The lowest BCUT2D eigenvalue weighted by atomic mass is 10.0. The van der Waals surface area contributed by atoms with E-state index < -0.39 is 33.4 Å². The van der Waals surface area contributed by atoms with Crippen molar-refractivity contribution < 1.29 is 22.7 Å². The molecule has 2 amide bonds. The lowest BCUT2D eigenvalue weighted by Crippen LogP contribution is -2.45. The minimum Gasteiger partial charge on any atom is -0.497 e. The Morgan fingerprint density at radius 1 is 0.825 bits per heavy atom. The molecule has 9 heteroatoms. The number of hydrogen-bond donors (Lipinski definition) is 3. The van der Waals surface area contributed by atoms with Gasteiger partial charge in [-0.05, 0) is 62.7 Å². The van der Waals surface area contributed by atoms with Crippen molar-refractivity contribution in [2.45, 2.75) is 43.7 Å². The van der Waals surface area contributed by atoms with Gasteiger partial charge in [-0.25, -0.2) is 13.1 Å². The number of benzene rings is 4. The van der Waals surface area contributed by atoms with Crippen molar-refractivity contribution in [2.24, 2.45) is 0 Å². The number of methoxy groups -OCH3 is 1. The number of sulfonamides is 1. The van der Waals surface area contributed by atoms with Gasteiger partial charge in [-0.1, -0.05) is 54.6 Å². The number of anilines is 1. The predicted octanol–water partition coefficient (Wildman–Crippen LogP) is 4.91. The van der Waals surface area contributed by atoms with Gasteiger partial charge in [0.15, 0.2) is 0 Å². The van der Waals surface area contributed by atoms with Crippen LogP contribution in [0.1, 0.15) is 36.7 Å². The summed E-state index contributed by atoms with van der Waals surface area (Å²) in [6.45, 7) is 5.32. The second-order valence-corrected chi connectivity index (χ2v) is 12.1. The van der Waals surface area contributed by atoms with E-state index >= 15 is 0 Å². The molecule has 40 heavy (non-hydrogen) atoms. The molecule has 0 saturated carbocycles. The summed E-state index contributed by atoms with van der Waals surface area (Å²) in [6.07, 6.45) is 0.258. The summed E-state index contributed by atoms with van der Waals surface area (Å²) in [5.74, 6) is -0.220. The van der Waals surface area contributed by atoms with Crippen LogP contribution in [0.15, 0.2) is 95.9 Å². The van der Waals surface area contributed by atoms with Crippen LogP contribution in [0.2, 0.25) is 0 Å². The van der Waals surface area contributed by atoms with Crippen molar-refractivity contribution in [3.63, 3.8) is 0 Å². The van der Waals surface area contributed by atoms with Gasteiger partial charge in [0, 0.05) is 34.0 Å². The van der Waals surface area contributed by atoms with Crippen LogP contribution < -0.4 is 20.1 Å². The Hall–Kier alpha value is -4.21. The molecule has 0 radical (unpaired) electrons. The van der Waals surface area contributed by atoms with Gasteiger partial charge in [-0.15, -0.1) is 0 Å². The Bertz CT molecular complexity index is 1610. The van der Waals surface area contributed by atoms with Crippen LogP contribution in [0.25, 0.3) is 10.8 Å². The van der Waals surface area contributed by atoms with Crippen molar-refractivity contribution in [3.8, 4) is 5.75 Å². The van der Waals surface area contributed by atoms with Crippen LogP contribution in [0, 0.1) is 0 Å². The fourth-order valence-electron chi connectivity index (χ4n) is 4.35. The number of carbonyl (C=O) groups is 2. The molecule has 0 aliphatic carbocycles. The molecule has 0 fully saturated rings. The first-order valence-corrected chi connectivity index (χ1v) is 14.3. The quantitative estimate of drug-likeness (QED) is 0.270. The fourth-order valence-corrected chi connectivity index (χ4v) is 5.99. The number of fused-ring (bicyclic) bond motifs is 1. The van der Waals surface area contributed by atoms with Crippen molar-refractivity contribution in [3.05, 3.63) is 102 Å². The Kier molecular flexibility index (Phi) is 8.56. The van der Waals surface area contributed by atoms with Gasteiger partial charge < -0.3 is 15.4 Å². The van der Waals surface area contributed by atoms with Crippen molar-refractivity contribution >= 4 is 38.3 Å². The highest BCUT2D eigenvalue weighted by Crippen LogP contribution is 2.29. The first kappa shape index (κ1) is 28.8. The number of ether oxygens (including phenoxy) is 1. The van der Waals surface area contributed by atoms with E-state index in [-0.39, 0.29) is 11.3 Å². The van der Waals surface area contributed by atoms with E-state index in [0.29, 0.717) is 27.8 Å². The second-order valence-electron chi connectivity index (χ2n) is 10.4. The molecule has 3 N–H and O–H groups in total. The van der Waals surface area contributed by atoms with E-state index in [1.54, 1.807) is 82.5 Å². The summed E-state index contributed by atoms with van der Waals surface area (Å²) < 4.78 is 34.1. The molecule has 1 atom stereocenters. The number of nitrogens with one attached hydrogen (secondary N) is 3. The smallest absolute Gasteiger partial charge is 0.251 e. The van der Waals surface area contributed by atoms with Gasteiger partial charge in [-0.3, -0.25) is 9.59 Å². The molecule has 0 unspecified atom stereocenters. The summed E-state index contributed by atoms with van der Waals surface area (Å²) in [7, 11) is -2.28. The third kappa shape index (κ3) is 7.05. The first-order valence-electron chi connectivity index (χ1n) is 12.8. The highest BCUT2D eigenvalue weighted by molar-refractivity contribution is 7.89. The molecule has 0 bridgehead atoms. The van der Waals surface area contributed by atoms with Gasteiger partial charge in [0.25, 0.3) is 5.91 Å². The van der Waals surface area contributed by atoms with E-state index in [2.05, 4.69) is 15.4 Å². The molecular weight excluding hydrogens is 526 g/mol. The maximum Gasteiger partial charge on any atom is 0.251 e. The fraction of sp³-hybridized carbons (Fsp3) is 0.226. The number of hydrogen-bond acceptors (Lipinski definition) is 5. The van der Waals surface area contributed by atoms with Gasteiger partial charge in [0.05, 0.1) is 12.0 Å². The molecule has 0 spiro atoms. The SMILES string of the molecule is COc1ccc(C(=O)N[C@@H](Cc2ccccc2)C(=O)Nc2cccc3c(S(=O)(=O)NC(C)(C)C)cccc23)cc1. The summed E-state index contributed by atoms with van der Waals surface area (Å²) in [4.78, 5) is 26.8. The molecule has 0 aliphatic rings. The van der Waals surface area contributed by atoms with E-state index in [1.807, 2.05) is 30.3 Å². The molecule has 8 nitrogen and oxygen atoms in total. The van der Waals surface area contributed by atoms with E-state index in [0.717, 1.165) is 5.56 Å². The first-order chi connectivity index (χ1) is 19.0. The molecule has 0 aliphatic heterocycles. The topological polar surface area (TPSA) is 114 Å². The number of amides is 2. The molecule has 4 aromatic rings. The highest BCUT2D eigenvalue weighted by atomic mass is 32.2. The molecule has 0 saturated heterocycles. The minimum atomic E-state index is -3.83. The zero-order valence-corrected chi connectivity index (χ0v) is 23.7. The largest absolute Gasteiger partial charge is 0.497 e. The Morgan fingerprint density at radius 3 is 2.12 bits per heavy atom. The van der Waals surface area contributed by atoms with Gasteiger partial charge >= 0.3 is 0 Å². The number of carbonyl (C=O) groups excluding carboxylic acids is 2. The Morgan fingerprint density at radius 2 is 1.48 bits per heavy atom. The summed E-state index contributed by atoms with van der Waals surface area (Å²) in [5.41, 5.74) is 1.03. The Labute approximate surface area is 234 Å². The lowest BCUT2D eigenvalue weighted by molar-refractivity contribution is -0.118. The summed E-state index contributed by atoms with van der Waals surface area (Å²) in [5, 5.41) is 6.80. The van der Waals surface area contributed by atoms with Crippen molar-refractivity contribution in [2.75, 3.05) is 12.4 Å². The van der Waals surface area contributed by atoms with Gasteiger partial charge in [-0.2, -0.15) is 0 Å².